The van der Waals surface area contributed by atoms with Crippen LogP contribution in [-0.4, -0.2) is 24.1 Å². The van der Waals surface area contributed by atoms with Crippen molar-refractivity contribution in [1.29, 1.82) is 0 Å². The SMILES string of the molecule is O=C(Nc1ccc(C(=O)C2CC2)cc1)c1ccc(N2CCCC2=O)cc1. The third kappa shape index (κ3) is 3.38. The van der Waals surface area contributed by atoms with Crippen LogP contribution in [0, 0.1) is 5.92 Å². The first-order valence-electron chi connectivity index (χ1n) is 8.98. The standard InChI is InChI=1S/C21H20N2O3/c24-19-2-1-13-23(19)18-11-7-16(8-12-18)21(26)22-17-9-5-15(6-10-17)20(25)14-3-4-14/h5-12,14H,1-4,13H2,(H,22,26). The molecule has 1 N–H and O–H groups in total. The Labute approximate surface area is 152 Å². The quantitative estimate of drug-likeness (QED) is 0.839. The number of anilines is 2. The molecular weight excluding hydrogens is 328 g/mol. The average molecular weight is 348 g/mol. The van der Waals surface area contributed by atoms with Gasteiger partial charge in [-0.1, -0.05) is 0 Å². The summed E-state index contributed by atoms with van der Waals surface area (Å²) in [5, 5.41) is 2.84. The maximum atomic E-state index is 12.4. The lowest BCUT2D eigenvalue weighted by Crippen LogP contribution is -2.23. The summed E-state index contributed by atoms with van der Waals surface area (Å²) in [6.45, 7) is 0.732. The predicted molar refractivity (Wildman–Crippen MR) is 99.5 cm³/mol. The monoisotopic (exact) mass is 348 g/mol. The summed E-state index contributed by atoms with van der Waals surface area (Å²) < 4.78 is 0. The second-order valence-electron chi connectivity index (χ2n) is 6.87. The van der Waals surface area contributed by atoms with Crippen LogP contribution in [-0.2, 0) is 4.79 Å². The van der Waals surface area contributed by atoms with Crippen molar-refractivity contribution in [2.24, 2.45) is 5.92 Å². The fourth-order valence-corrected chi connectivity index (χ4v) is 3.22. The van der Waals surface area contributed by atoms with Gasteiger partial charge in [0.15, 0.2) is 5.78 Å². The fourth-order valence-electron chi connectivity index (χ4n) is 3.22. The molecule has 2 fully saturated rings. The molecule has 5 heteroatoms. The summed E-state index contributed by atoms with van der Waals surface area (Å²) in [5.41, 5.74) is 2.71. The lowest BCUT2D eigenvalue weighted by Gasteiger charge is -2.15. The zero-order chi connectivity index (χ0) is 18.1. The highest BCUT2D eigenvalue weighted by Gasteiger charge is 2.30. The Bertz CT molecular complexity index is 852. The highest BCUT2D eigenvalue weighted by atomic mass is 16.2. The third-order valence-corrected chi connectivity index (χ3v) is 4.89. The highest BCUT2D eigenvalue weighted by molar-refractivity contribution is 6.05. The molecule has 0 atom stereocenters. The van der Waals surface area contributed by atoms with Crippen LogP contribution in [0.2, 0.25) is 0 Å². The van der Waals surface area contributed by atoms with Gasteiger partial charge in [-0.05, 0) is 67.8 Å². The van der Waals surface area contributed by atoms with Crippen molar-refractivity contribution < 1.29 is 14.4 Å². The van der Waals surface area contributed by atoms with Gasteiger partial charge in [0.1, 0.15) is 0 Å². The van der Waals surface area contributed by atoms with E-state index in [4.69, 9.17) is 0 Å². The molecule has 0 radical (unpaired) electrons. The second kappa shape index (κ2) is 6.75. The molecule has 0 unspecified atom stereocenters. The van der Waals surface area contributed by atoms with Crippen LogP contribution < -0.4 is 10.2 Å². The molecule has 1 aliphatic carbocycles. The van der Waals surface area contributed by atoms with E-state index >= 15 is 0 Å². The Balaban J connectivity index is 1.41. The largest absolute Gasteiger partial charge is 0.322 e. The molecule has 132 valence electrons. The average Bonchev–Trinajstić information content (AvgIpc) is 3.43. The highest BCUT2D eigenvalue weighted by Crippen LogP contribution is 2.32. The number of rotatable bonds is 5. The van der Waals surface area contributed by atoms with Gasteiger partial charge in [-0.25, -0.2) is 0 Å². The van der Waals surface area contributed by atoms with E-state index < -0.39 is 0 Å². The molecule has 0 spiro atoms. The molecule has 4 rings (SSSR count). The first kappa shape index (κ1) is 16.5. The molecule has 1 saturated heterocycles. The molecule has 2 amide bonds. The minimum Gasteiger partial charge on any atom is -0.322 e. The topological polar surface area (TPSA) is 66.5 Å². The van der Waals surface area contributed by atoms with Crippen molar-refractivity contribution in [3.8, 4) is 0 Å². The van der Waals surface area contributed by atoms with Crippen molar-refractivity contribution in [3.63, 3.8) is 0 Å². The number of hydrogen-bond donors (Lipinski definition) is 1. The Hall–Kier alpha value is -2.95. The van der Waals surface area contributed by atoms with E-state index in [2.05, 4.69) is 5.32 Å². The minimum atomic E-state index is -0.217. The molecule has 0 aromatic heterocycles. The Morgan fingerprint density at radius 3 is 2.15 bits per heavy atom. The van der Waals surface area contributed by atoms with Crippen molar-refractivity contribution in [3.05, 3.63) is 59.7 Å². The number of ketones is 1. The van der Waals surface area contributed by atoms with Gasteiger partial charge >= 0.3 is 0 Å². The fraction of sp³-hybridized carbons (Fsp3) is 0.286. The van der Waals surface area contributed by atoms with Crippen LogP contribution in [0.25, 0.3) is 0 Å². The summed E-state index contributed by atoms with van der Waals surface area (Å²) in [6.07, 6.45) is 3.43. The number of carbonyl (C=O) groups excluding carboxylic acids is 3. The molecule has 1 aliphatic heterocycles. The maximum Gasteiger partial charge on any atom is 0.255 e. The Kier molecular flexibility index (Phi) is 4.29. The lowest BCUT2D eigenvalue weighted by molar-refractivity contribution is -0.117. The van der Waals surface area contributed by atoms with E-state index in [0.717, 1.165) is 31.5 Å². The van der Waals surface area contributed by atoms with Crippen LogP contribution >= 0.6 is 0 Å². The van der Waals surface area contributed by atoms with Crippen LogP contribution in [0.5, 0.6) is 0 Å². The molecule has 2 aromatic carbocycles. The smallest absolute Gasteiger partial charge is 0.255 e. The van der Waals surface area contributed by atoms with E-state index in [9.17, 15) is 14.4 Å². The number of Topliss-reactive ketones (excluding diaryl/α,β-unsaturated/α-hetero) is 1. The van der Waals surface area contributed by atoms with E-state index in [0.29, 0.717) is 23.2 Å². The number of amides is 2. The summed E-state index contributed by atoms with van der Waals surface area (Å²) in [6, 6.07) is 14.1. The van der Waals surface area contributed by atoms with Crippen LogP contribution in [0.15, 0.2) is 48.5 Å². The Morgan fingerprint density at radius 1 is 0.923 bits per heavy atom. The van der Waals surface area contributed by atoms with Crippen molar-refractivity contribution >= 4 is 29.0 Å². The van der Waals surface area contributed by atoms with Gasteiger partial charge in [-0.2, -0.15) is 0 Å². The molecule has 2 aliphatic rings. The predicted octanol–water partition coefficient (Wildman–Crippen LogP) is 3.66. The van der Waals surface area contributed by atoms with Crippen LogP contribution in [0.4, 0.5) is 11.4 Å². The first-order chi connectivity index (χ1) is 12.6. The lowest BCUT2D eigenvalue weighted by atomic mass is 10.1. The third-order valence-electron chi connectivity index (χ3n) is 4.89. The van der Waals surface area contributed by atoms with Gasteiger partial charge in [0.05, 0.1) is 0 Å². The number of nitrogens with one attached hydrogen (secondary N) is 1. The number of carbonyl (C=O) groups is 3. The summed E-state index contributed by atoms with van der Waals surface area (Å²) in [5.74, 6) is 0.292. The molecule has 5 nitrogen and oxygen atoms in total. The van der Waals surface area contributed by atoms with Gasteiger partial charge < -0.3 is 10.2 Å². The van der Waals surface area contributed by atoms with E-state index in [1.54, 1.807) is 53.4 Å². The molecule has 1 saturated carbocycles. The van der Waals surface area contributed by atoms with E-state index in [1.807, 2.05) is 0 Å². The minimum absolute atomic E-state index is 0.128. The number of benzene rings is 2. The number of nitrogens with zero attached hydrogens (tertiary/aromatic N) is 1. The molecule has 2 aromatic rings. The summed E-state index contributed by atoms with van der Waals surface area (Å²) in [4.78, 5) is 37.9. The van der Waals surface area contributed by atoms with Crippen LogP contribution in [0.3, 0.4) is 0 Å². The first-order valence-corrected chi connectivity index (χ1v) is 8.98. The van der Waals surface area contributed by atoms with Gasteiger partial charge in [0, 0.05) is 41.4 Å². The Morgan fingerprint density at radius 2 is 1.58 bits per heavy atom. The van der Waals surface area contributed by atoms with Gasteiger partial charge in [0.25, 0.3) is 5.91 Å². The molecule has 0 bridgehead atoms. The van der Waals surface area contributed by atoms with Crippen molar-refractivity contribution in [2.45, 2.75) is 25.7 Å². The van der Waals surface area contributed by atoms with Gasteiger partial charge in [-0.15, -0.1) is 0 Å². The second-order valence-corrected chi connectivity index (χ2v) is 6.87. The maximum absolute atomic E-state index is 12.4. The van der Waals surface area contributed by atoms with Gasteiger partial charge in [0.2, 0.25) is 5.91 Å². The summed E-state index contributed by atoms with van der Waals surface area (Å²) >= 11 is 0. The normalized spacial score (nSPS) is 16.6. The van der Waals surface area contributed by atoms with Gasteiger partial charge in [-0.3, -0.25) is 14.4 Å². The summed E-state index contributed by atoms with van der Waals surface area (Å²) in [7, 11) is 0. The molecule has 26 heavy (non-hydrogen) atoms. The van der Waals surface area contributed by atoms with Crippen molar-refractivity contribution in [1.82, 2.24) is 0 Å². The zero-order valence-corrected chi connectivity index (χ0v) is 14.4. The zero-order valence-electron chi connectivity index (χ0n) is 14.4. The van der Waals surface area contributed by atoms with Crippen LogP contribution in [0.1, 0.15) is 46.4 Å². The molecule has 1 heterocycles. The number of hydrogen-bond acceptors (Lipinski definition) is 3. The van der Waals surface area contributed by atoms with Crippen molar-refractivity contribution in [2.75, 3.05) is 16.8 Å². The molecular formula is C21H20N2O3. The van der Waals surface area contributed by atoms with E-state index in [-0.39, 0.29) is 23.5 Å². The van der Waals surface area contributed by atoms with E-state index in [1.165, 1.54) is 0 Å².